The molecular formula is C12H15N3O4. The Morgan fingerprint density at radius 1 is 1.42 bits per heavy atom. The first-order valence-corrected chi connectivity index (χ1v) is 5.91. The third kappa shape index (κ3) is 3.19. The van der Waals surface area contributed by atoms with Crippen molar-refractivity contribution in [1.29, 1.82) is 0 Å². The van der Waals surface area contributed by atoms with Gasteiger partial charge in [0, 0.05) is 32.3 Å². The Morgan fingerprint density at radius 3 is 2.68 bits per heavy atom. The second-order valence-electron chi connectivity index (χ2n) is 4.17. The number of pyridine rings is 1. The summed E-state index contributed by atoms with van der Waals surface area (Å²) in [6, 6.07) is 1.58. The standard InChI is InChI=1S/C12H15N3O4/c1-8(16)14-11-6-10(9(7-13-11)12(17)18)15-2-4-19-5-3-15/h6-7H,2-5H2,1H3,(H,17,18)(H,13,14,16). The lowest BCUT2D eigenvalue weighted by Crippen LogP contribution is -2.37. The number of ether oxygens (including phenoxy) is 1. The van der Waals surface area contributed by atoms with Gasteiger partial charge in [0.25, 0.3) is 0 Å². The SMILES string of the molecule is CC(=O)Nc1cc(N2CCOCC2)c(C(=O)O)cn1. The van der Waals surface area contributed by atoms with Crippen molar-refractivity contribution in [3.05, 3.63) is 17.8 Å². The lowest BCUT2D eigenvalue weighted by atomic mass is 10.2. The van der Waals surface area contributed by atoms with E-state index >= 15 is 0 Å². The summed E-state index contributed by atoms with van der Waals surface area (Å²) in [5, 5.41) is 11.7. The fourth-order valence-corrected chi connectivity index (χ4v) is 1.92. The predicted octanol–water partition coefficient (Wildman–Crippen LogP) is 0.575. The van der Waals surface area contributed by atoms with Crippen molar-refractivity contribution in [2.45, 2.75) is 6.92 Å². The van der Waals surface area contributed by atoms with Crippen LogP contribution in [0.15, 0.2) is 12.3 Å². The molecule has 19 heavy (non-hydrogen) atoms. The average Bonchev–Trinajstić information content (AvgIpc) is 2.38. The number of morpholine rings is 1. The molecule has 1 amide bonds. The summed E-state index contributed by atoms with van der Waals surface area (Å²) in [6.45, 7) is 3.71. The number of nitrogens with zero attached hydrogens (tertiary/aromatic N) is 2. The minimum atomic E-state index is -1.04. The number of rotatable bonds is 3. The number of carboxylic acid groups (broad SMARTS) is 1. The molecule has 7 nitrogen and oxygen atoms in total. The molecule has 2 heterocycles. The predicted molar refractivity (Wildman–Crippen MR) is 68.5 cm³/mol. The monoisotopic (exact) mass is 265 g/mol. The molecule has 1 aromatic rings. The number of hydrogen-bond donors (Lipinski definition) is 2. The Labute approximate surface area is 110 Å². The number of aromatic nitrogens is 1. The van der Waals surface area contributed by atoms with Crippen molar-refractivity contribution in [1.82, 2.24) is 4.98 Å². The molecule has 1 saturated heterocycles. The number of aromatic carboxylic acids is 1. The second kappa shape index (κ2) is 5.66. The van der Waals surface area contributed by atoms with Crippen molar-refractivity contribution < 1.29 is 19.4 Å². The fraction of sp³-hybridized carbons (Fsp3) is 0.417. The first-order chi connectivity index (χ1) is 9.08. The number of nitrogens with one attached hydrogen (secondary N) is 1. The lowest BCUT2D eigenvalue weighted by Gasteiger charge is -2.30. The Hall–Kier alpha value is -2.15. The van der Waals surface area contributed by atoms with Gasteiger partial charge in [-0.25, -0.2) is 9.78 Å². The number of carbonyl (C=O) groups is 2. The van der Waals surface area contributed by atoms with E-state index in [2.05, 4.69) is 10.3 Å². The van der Waals surface area contributed by atoms with Gasteiger partial charge in [0.2, 0.25) is 5.91 Å². The van der Waals surface area contributed by atoms with E-state index in [9.17, 15) is 14.7 Å². The van der Waals surface area contributed by atoms with Crippen LogP contribution < -0.4 is 10.2 Å². The number of hydrogen-bond acceptors (Lipinski definition) is 5. The molecule has 0 saturated carbocycles. The van der Waals surface area contributed by atoms with Crippen molar-refractivity contribution in [2.75, 3.05) is 36.5 Å². The van der Waals surface area contributed by atoms with Crippen molar-refractivity contribution in [3.8, 4) is 0 Å². The van der Waals surface area contributed by atoms with Crippen LogP contribution in [-0.2, 0) is 9.53 Å². The molecule has 0 aromatic carbocycles. The largest absolute Gasteiger partial charge is 0.478 e. The normalized spacial score (nSPS) is 15.1. The zero-order valence-corrected chi connectivity index (χ0v) is 10.5. The minimum Gasteiger partial charge on any atom is -0.478 e. The highest BCUT2D eigenvalue weighted by Gasteiger charge is 2.19. The molecule has 0 atom stereocenters. The maximum atomic E-state index is 11.2. The minimum absolute atomic E-state index is 0.121. The smallest absolute Gasteiger partial charge is 0.339 e. The van der Waals surface area contributed by atoms with Crippen LogP contribution in [-0.4, -0.2) is 48.3 Å². The van der Waals surface area contributed by atoms with Crippen LogP contribution in [0.1, 0.15) is 17.3 Å². The lowest BCUT2D eigenvalue weighted by molar-refractivity contribution is -0.114. The van der Waals surface area contributed by atoms with Crippen LogP contribution in [0.3, 0.4) is 0 Å². The topological polar surface area (TPSA) is 91.8 Å². The van der Waals surface area contributed by atoms with Crippen LogP contribution in [0, 0.1) is 0 Å². The molecule has 0 radical (unpaired) electrons. The third-order valence-electron chi connectivity index (χ3n) is 2.77. The number of carboxylic acids is 1. The maximum Gasteiger partial charge on any atom is 0.339 e. The molecule has 1 aliphatic rings. The van der Waals surface area contributed by atoms with Crippen LogP contribution in [0.25, 0.3) is 0 Å². The van der Waals surface area contributed by atoms with Gasteiger partial charge in [-0.05, 0) is 0 Å². The van der Waals surface area contributed by atoms with E-state index in [4.69, 9.17) is 4.74 Å². The zero-order chi connectivity index (χ0) is 13.8. The molecule has 0 unspecified atom stereocenters. The Bertz CT molecular complexity index is 498. The van der Waals surface area contributed by atoms with Crippen LogP contribution in [0.2, 0.25) is 0 Å². The highest BCUT2D eigenvalue weighted by molar-refractivity contribution is 5.96. The molecule has 2 rings (SSSR count). The number of amides is 1. The maximum absolute atomic E-state index is 11.2. The quantitative estimate of drug-likeness (QED) is 0.830. The van der Waals surface area contributed by atoms with Gasteiger partial charge < -0.3 is 20.1 Å². The number of anilines is 2. The molecule has 102 valence electrons. The van der Waals surface area contributed by atoms with Crippen LogP contribution in [0.4, 0.5) is 11.5 Å². The molecular weight excluding hydrogens is 250 g/mol. The average molecular weight is 265 g/mol. The summed E-state index contributed by atoms with van der Waals surface area (Å²) in [7, 11) is 0. The zero-order valence-electron chi connectivity index (χ0n) is 10.5. The second-order valence-corrected chi connectivity index (χ2v) is 4.17. The summed E-state index contributed by atoms with van der Waals surface area (Å²) in [4.78, 5) is 28.1. The molecule has 2 N–H and O–H groups in total. The molecule has 1 fully saturated rings. The van der Waals surface area contributed by atoms with Crippen LogP contribution >= 0.6 is 0 Å². The number of carbonyl (C=O) groups excluding carboxylic acids is 1. The molecule has 0 spiro atoms. The van der Waals surface area contributed by atoms with Gasteiger partial charge in [-0.1, -0.05) is 0 Å². The Kier molecular flexibility index (Phi) is 3.96. The molecule has 7 heteroatoms. The van der Waals surface area contributed by atoms with Gasteiger partial charge in [0.05, 0.1) is 18.9 Å². The van der Waals surface area contributed by atoms with Gasteiger partial charge in [-0.15, -0.1) is 0 Å². The van der Waals surface area contributed by atoms with Crippen molar-refractivity contribution in [2.24, 2.45) is 0 Å². The Morgan fingerprint density at radius 2 is 2.11 bits per heavy atom. The van der Waals surface area contributed by atoms with E-state index in [0.29, 0.717) is 37.8 Å². The summed E-state index contributed by atoms with van der Waals surface area (Å²) in [5.41, 5.74) is 0.672. The van der Waals surface area contributed by atoms with Crippen molar-refractivity contribution >= 4 is 23.4 Å². The molecule has 1 aliphatic heterocycles. The summed E-state index contributed by atoms with van der Waals surface area (Å²) in [6.07, 6.45) is 1.26. The van der Waals surface area contributed by atoms with E-state index in [1.54, 1.807) is 6.07 Å². The fourth-order valence-electron chi connectivity index (χ4n) is 1.92. The van der Waals surface area contributed by atoms with Crippen molar-refractivity contribution in [3.63, 3.8) is 0 Å². The van der Waals surface area contributed by atoms with E-state index in [1.807, 2.05) is 4.90 Å². The van der Waals surface area contributed by atoms with E-state index in [0.717, 1.165) is 0 Å². The first-order valence-electron chi connectivity index (χ1n) is 5.91. The summed E-state index contributed by atoms with van der Waals surface area (Å²) < 4.78 is 5.24. The van der Waals surface area contributed by atoms with Crippen LogP contribution in [0.5, 0.6) is 0 Å². The van der Waals surface area contributed by atoms with Gasteiger partial charge in [-0.3, -0.25) is 4.79 Å². The third-order valence-corrected chi connectivity index (χ3v) is 2.77. The molecule has 1 aromatic heterocycles. The first kappa shape index (κ1) is 13.3. The van der Waals surface area contributed by atoms with E-state index in [-0.39, 0.29) is 11.5 Å². The molecule has 0 aliphatic carbocycles. The van der Waals surface area contributed by atoms with Gasteiger partial charge in [0.15, 0.2) is 0 Å². The molecule has 0 bridgehead atoms. The van der Waals surface area contributed by atoms with E-state index < -0.39 is 5.97 Å². The van der Waals surface area contributed by atoms with E-state index in [1.165, 1.54) is 13.1 Å². The Balaban J connectivity index is 2.34. The van der Waals surface area contributed by atoms with Gasteiger partial charge in [-0.2, -0.15) is 0 Å². The highest BCUT2D eigenvalue weighted by Crippen LogP contribution is 2.24. The van der Waals surface area contributed by atoms with Gasteiger partial charge >= 0.3 is 5.97 Å². The summed E-state index contributed by atoms with van der Waals surface area (Å²) >= 11 is 0. The van der Waals surface area contributed by atoms with Gasteiger partial charge in [0.1, 0.15) is 11.4 Å². The summed E-state index contributed by atoms with van der Waals surface area (Å²) in [5.74, 6) is -0.939. The highest BCUT2D eigenvalue weighted by atomic mass is 16.5.